The molecule has 1 heterocycles. The number of pyridine rings is 1. The number of hydrogen-bond acceptors (Lipinski definition) is 1. The minimum absolute atomic E-state index is 0.376. The van der Waals surface area contributed by atoms with Gasteiger partial charge in [0, 0.05) is 11.9 Å². The van der Waals surface area contributed by atoms with Gasteiger partial charge in [0.15, 0.2) is 0 Å². The monoisotopic (exact) mass is 189 g/mol. The molecule has 1 aromatic rings. The number of aromatic nitrogens is 1. The van der Waals surface area contributed by atoms with E-state index in [0.717, 1.165) is 6.42 Å². The van der Waals surface area contributed by atoms with Gasteiger partial charge in [0.2, 0.25) is 0 Å². The van der Waals surface area contributed by atoms with Crippen LogP contribution in [0.2, 0.25) is 0 Å². The highest BCUT2D eigenvalue weighted by Crippen LogP contribution is 2.44. The smallest absolute Gasteiger partial charge is 0.0439 e. The third-order valence-electron chi connectivity index (χ3n) is 3.23. The summed E-state index contributed by atoms with van der Waals surface area (Å²) in [6, 6.07) is 2.32. The van der Waals surface area contributed by atoms with Gasteiger partial charge in [0.25, 0.3) is 0 Å². The Labute approximate surface area is 86.6 Å². The first kappa shape index (κ1) is 9.70. The highest BCUT2D eigenvalue weighted by Gasteiger charge is 2.32. The van der Waals surface area contributed by atoms with Crippen molar-refractivity contribution in [2.24, 2.45) is 5.41 Å². The Bertz CT molecular complexity index is 347. The Morgan fingerprint density at radius 1 is 1.36 bits per heavy atom. The maximum atomic E-state index is 4.52. The van der Waals surface area contributed by atoms with E-state index in [9.17, 15) is 0 Å². The minimum Gasteiger partial charge on any atom is -0.261 e. The van der Waals surface area contributed by atoms with E-state index in [2.05, 4.69) is 38.7 Å². The largest absolute Gasteiger partial charge is 0.261 e. The van der Waals surface area contributed by atoms with Crippen molar-refractivity contribution in [1.29, 1.82) is 0 Å². The van der Waals surface area contributed by atoms with Gasteiger partial charge in [-0.15, -0.1) is 0 Å². The molecule has 0 fully saturated rings. The molecule has 1 unspecified atom stereocenters. The van der Waals surface area contributed by atoms with E-state index in [0.29, 0.717) is 11.3 Å². The fourth-order valence-electron chi connectivity index (χ4n) is 2.47. The van der Waals surface area contributed by atoms with E-state index >= 15 is 0 Å². The molecule has 1 nitrogen and oxygen atoms in total. The molecule has 0 saturated heterocycles. The highest BCUT2D eigenvalue weighted by atomic mass is 14.7. The first-order valence-corrected chi connectivity index (χ1v) is 5.44. The van der Waals surface area contributed by atoms with E-state index < -0.39 is 0 Å². The van der Waals surface area contributed by atoms with Crippen LogP contribution < -0.4 is 0 Å². The third-order valence-corrected chi connectivity index (χ3v) is 3.23. The maximum absolute atomic E-state index is 4.52. The molecule has 14 heavy (non-hydrogen) atoms. The SMILES string of the molecule is Cc1cnc2c(c1)C(C(C)(C)C)CC2. The zero-order valence-corrected chi connectivity index (χ0v) is 9.59. The third kappa shape index (κ3) is 1.56. The molecule has 1 aliphatic rings. The normalized spacial score (nSPS) is 21.0. The van der Waals surface area contributed by atoms with Crippen LogP contribution in [0.15, 0.2) is 12.3 Å². The molecular formula is C13H19N. The van der Waals surface area contributed by atoms with Crippen molar-refractivity contribution in [3.8, 4) is 0 Å². The van der Waals surface area contributed by atoms with Gasteiger partial charge < -0.3 is 0 Å². The summed E-state index contributed by atoms with van der Waals surface area (Å²) in [5.74, 6) is 0.699. The van der Waals surface area contributed by atoms with E-state index in [-0.39, 0.29) is 0 Å². The van der Waals surface area contributed by atoms with Crippen LogP contribution in [0, 0.1) is 12.3 Å². The quantitative estimate of drug-likeness (QED) is 0.609. The van der Waals surface area contributed by atoms with Gasteiger partial charge in [-0.1, -0.05) is 26.8 Å². The molecule has 0 radical (unpaired) electrons. The molecule has 0 bridgehead atoms. The predicted octanol–water partition coefficient (Wildman–Crippen LogP) is 3.47. The average Bonchev–Trinajstić information content (AvgIpc) is 2.45. The summed E-state index contributed by atoms with van der Waals surface area (Å²) in [6.45, 7) is 9.12. The summed E-state index contributed by atoms with van der Waals surface area (Å²) in [7, 11) is 0. The summed E-state index contributed by atoms with van der Waals surface area (Å²) in [5.41, 5.74) is 4.49. The molecule has 0 saturated carbocycles. The van der Waals surface area contributed by atoms with Crippen LogP contribution in [0.5, 0.6) is 0 Å². The van der Waals surface area contributed by atoms with E-state index in [4.69, 9.17) is 0 Å². The Hall–Kier alpha value is -0.850. The van der Waals surface area contributed by atoms with Crippen LogP contribution >= 0.6 is 0 Å². The lowest BCUT2D eigenvalue weighted by Gasteiger charge is -2.27. The Kier molecular flexibility index (Phi) is 2.13. The first-order chi connectivity index (χ1) is 6.48. The molecule has 1 heteroatoms. The lowest BCUT2D eigenvalue weighted by atomic mass is 9.77. The van der Waals surface area contributed by atoms with Crippen molar-refractivity contribution in [2.75, 3.05) is 0 Å². The molecule has 0 aliphatic heterocycles. The lowest BCUT2D eigenvalue weighted by molar-refractivity contribution is 0.319. The predicted molar refractivity (Wildman–Crippen MR) is 59.5 cm³/mol. The second-order valence-electron chi connectivity index (χ2n) is 5.51. The number of aryl methyl sites for hydroxylation is 2. The van der Waals surface area contributed by atoms with Gasteiger partial charge in [-0.2, -0.15) is 0 Å². The van der Waals surface area contributed by atoms with Crippen LogP contribution in [0.4, 0.5) is 0 Å². The summed E-state index contributed by atoms with van der Waals surface area (Å²) in [4.78, 5) is 4.52. The molecule has 0 N–H and O–H groups in total. The average molecular weight is 189 g/mol. The zero-order valence-electron chi connectivity index (χ0n) is 9.59. The van der Waals surface area contributed by atoms with Crippen LogP contribution in [0.3, 0.4) is 0 Å². The number of fused-ring (bicyclic) bond motifs is 1. The molecule has 0 aromatic carbocycles. The standard InChI is InChI=1S/C13H19N/c1-9-7-10-11(13(2,3)4)5-6-12(10)14-8-9/h7-8,11H,5-6H2,1-4H3. The zero-order chi connectivity index (χ0) is 10.3. The topological polar surface area (TPSA) is 12.9 Å². The molecule has 0 spiro atoms. The molecule has 1 aliphatic carbocycles. The molecule has 0 amide bonds. The summed E-state index contributed by atoms with van der Waals surface area (Å²) >= 11 is 0. The van der Waals surface area contributed by atoms with Crippen LogP contribution in [0.1, 0.15) is 49.9 Å². The van der Waals surface area contributed by atoms with Crippen molar-refractivity contribution in [3.63, 3.8) is 0 Å². The number of nitrogens with zero attached hydrogens (tertiary/aromatic N) is 1. The minimum atomic E-state index is 0.376. The second-order valence-corrected chi connectivity index (χ2v) is 5.51. The van der Waals surface area contributed by atoms with Gasteiger partial charge in [0.1, 0.15) is 0 Å². The summed E-state index contributed by atoms with van der Waals surface area (Å²) < 4.78 is 0. The summed E-state index contributed by atoms with van der Waals surface area (Å²) in [5, 5.41) is 0. The first-order valence-electron chi connectivity index (χ1n) is 5.44. The Morgan fingerprint density at radius 2 is 2.07 bits per heavy atom. The van der Waals surface area contributed by atoms with Crippen molar-refractivity contribution in [3.05, 3.63) is 29.1 Å². The van der Waals surface area contributed by atoms with E-state index in [1.165, 1.54) is 23.2 Å². The Balaban J connectivity index is 2.43. The van der Waals surface area contributed by atoms with Gasteiger partial charge in [0.05, 0.1) is 0 Å². The van der Waals surface area contributed by atoms with Crippen LogP contribution in [0.25, 0.3) is 0 Å². The van der Waals surface area contributed by atoms with Gasteiger partial charge >= 0.3 is 0 Å². The second kappa shape index (κ2) is 3.08. The van der Waals surface area contributed by atoms with Crippen LogP contribution in [-0.2, 0) is 6.42 Å². The maximum Gasteiger partial charge on any atom is 0.0439 e. The molecular weight excluding hydrogens is 170 g/mol. The van der Waals surface area contributed by atoms with E-state index in [1.54, 1.807) is 0 Å². The molecule has 2 rings (SSSR count). The van der Waals surface area contributed by atoms with Gasteiger partial charge in [-0.3, -0.25) is 4.98 Å². The van der Waals surface area contributed by atoms with Crippen molar-refractivity contribution in [2.45, 2.75) is 46.5 Å². The highest BCUT2D eigenvalue weighted by molar-refractivity contribution is 5.33. The van der Waals surface area contributed by atoms with Crippen molar-refractivity contribution < 1.29 is 0 Å². The van der Waals surface area contributed by atoms with Gasteiger partial charge in [-0.25, -0.2) is 0 Å². The molecule has 1 atom stereocenters. The molecule has 1 aromatic heterocycles. The fourth-order valence-corrected chi connectivity index (χ4v) is 2.47. The lowest BCUT2D eigenvalue weighted by Crippen LogP contribution is -2.15. The van der Waals surface area contributed by atoms with E-state index in [1.807, 2.05) is 6.20 Å². The summed E-state index contributed by atoms with van der Waals surface area (Å²) in [6.07, 6.45) is 4.43. The molecule has 76 valence electrons. The van der Waals surface area contributed by atoms with Crippen molar-refractivity contribution in [1.82, 2.24) is 4.98 Å². The van der Waals surface area contributed by atoms with Gasteiger partial charge in [-0.05, 0) is 42.2 Å². The van der Waals surface area contributed by atoms with Crippen molar-refractivity contribution >= 4 is 0 Å². The number of hydrogen-bond donors (Lipinski definition) is 0. The van der Waals surface area contributed by atoms with Crippen LogP contribution in [-0.4, -0.2) is 4.98 Å². The Morgan fingerprint density at radius 3 is 2.71 bits per heavy atom. The number of rotatable bonds is 0. The fraction of sp³-hybridized carbons (Fsp3) is 0.615.